The zero-order chi connectivity index (χ0) is 14.4. The Hall–Kier alpha value is -1.26. The highest BCUT2D eigenvalue weighted by Gasteiger charge is 2.17. The van der Waals surface area contributed by atoms with E-state index in [1.165, 1.54) is 19.3 Å². The minimum atomic E-state index is -0.183. The topological polar surface area (TPSA) is 44.4 Å². The first-order valence-electron chi connectivity index (χ1n) is 7.19. The van der Waals surface area contributed by atoms with Gasteiger partial charge in [0.05, 0.1) is 0 Å². The molecule has 0 unspecified atom stereocenters. The van der Waals surface area contributed by atoms with Crippen molar-refractivity contribution in [3.8, 4) is 0 Å². The maximum absolute atomic E-state index is 11.8. The summed E-state index contributed by atoms with van der Waals surface area (Å²) >= 11 is 5.87. The number of nitrogens with zero attached hydrogens (tertiary/aromatic N) is 1. The predicted octanol–water partition coefficient (Wildman–Crippen LogP) is 3.34. The minimum Gasteiger partial charge on any atom is -0.337 e. The van der Waals surface area contributed by atoms with Gasteiger partial charge in [0.25, 0.3) is 0 Å². The van der Waals surface area contributed by atoms with Crippen molar-refractivity contribution in [3.63, 3.8) is 0 Å². The first-order chi connectivity index (χ1) is 9.65. The van der Waals surface area contributed by atoms with Crippen LogP contribution in [-0.4, -0.2) is 36.6 Å². The van der Waals surface area contributed by atoms with E-state index in [1.807, 2.05) is 12.1 Å². The van der Waals surface area contributed by atoms with Crippen LogP contribution in [0.2, 0.25) is 5.02 Å². The van der Waals surface area contributed by atoms with Crippen molar-refractivity contribution in [2.24, 2.45) is 0 Å². The summed E-state index contributed by atoms with van der Waals surface area (Å²) in [5.41, 5.74) is 0.710. The van der Waals surface area contributed by atoms with Crippen LogP contribution >= 0.6 is 11.6 Å². The Labute approximate surface area is 125 Å². The van der Waals surface area contributed by atoms with E-state index in [-0.39, 0.29) is 6.03 Å². The van der Waals surface area contributed by atoms with Gasteiger partial charge >= 0.3 is 6.03 Å². The van der Waals surface area contributed by atoms with E-state index >= 15 is 0 Å². The Morgan fingerprint density at radius 3 is 3.05 bits per heavy atom. The average molecular weight is 296 g/mol. The van der Waals surface area contributed by atoms with Gasteiger partial charge in [0, 0.05) is 29.8 Å². The number of rotatable bonds is 4. The molecular formula is C15H22ClN3O. The summed E-state index contributed by atoms with van der Waals surface area (Å²) < 4.78 is 0. The smallest absolute Gasteiger partial charge is 0.319 e. The minimum absolute atomic E-state index is 0.183. The molecule has 20 heavy (non-hydrogen) atoms. The molecule has 0 aromatic heterocycles. The average Bonchev–Trinajstić information content (AvgIpc) is 2.41. The van der Waals surface area contributed by atoms with Gasteiger partial charge in [-0.3, -0.25) is 4.90 Å². The number of hydrogen-bond donors (Lipinski definition) is 2. The zero-order valence-corrected chi connectivity index (χ0v) is 12.6. The number of amides is 2. The number of carbonyl (C=O) groups is 1. The highest BCUT2D eigenvalue weighted by atomic mass is 35.5. The van der Waals surface area contributed by atoms with Gasteiger partial charge in [0.1, 0.15) is 0 Å². The largest absolute Gasteiger partial charge is 0.337 e. The number of hydrogen-bond acceptors (Lipinski definition) is 2. The van der Waals surface area contributed by atoms with E-state index in [4.69, 9.17) is 11.6 Å². The highest BCUT2D eigenvalue weighted by molar-refractivity contribution is 6.30. The van der Waals surface area contributed by atoms with Crippen molar-refractivity contribution in [2.75, 3.05) is 25.0 Å². The molecule has 110 valence electrons. The molecule has 1 fully saturated rings. The zero-order valence-electron chi connectivity index (χ0n) is 11.9. The Morgan fingerprint density at radius 1 is 1.45 bits per heavy atom. The highest BCUT2D eigenvalue weighted by Crippen LogP contribution is 2.16. The number of carbonyl (C=O) groups excluding carboxylic acids is 1. The molecule has 0 aliphatic carbocycles. The fourth-order valence-electron chi connectivity index (χ4n) is 2.54. The van der Waals surface area contributed by atoms with Gasteiger partial charge in [-0.05, 0) is 44.5 Å². The summed E-state index contributed by atoms with van der Waals surface area (Å²) in [4.78, 5) is 14.2. The van der Waals surface area contributed by atoms with E-state index in [0.717, 1.165) is 13.1 Å². The Balaban J connectivity index is 1.70. The molecule has 1 aromatic carbocycles. The standard InChI is InChI=1S/C15H22ClN3O/c1-12-5-2-3-9-19(12)10-8-17-15(20)18-14-7-4-6-13(16)11-14/h4,6-7,11-12H,2-3,5,8-10H2,1H3,(H2,17,18,20)/t12-/m1/s1. The predicted molar refractivity (Wildman–Crippen MR) is 83.4 cm³/mol. The van der Waals surface area contributed by atoms with Crippen LogP contribution in [-0.2, 0) is 0 Å². The van der Waals surface area contributed by atoms with Crippen molar-refractivity contribution in [2.45, 2.75) is 32.2 Å². The van der Waals surface area contributed by atoms with Gasteiger partial charge in [0.2, 0.25) is 0 Å². The summed E-state index contributed by atoms with van der Waals surface area (Å²) in [7, 11) is 0. The summed E-state index contributed by atoms with van der Waals surface area (Å²) in [6.07, 6.45) is 3.84. The second-order valence-corrected chi connectivity index (χ2v) is 5.71. The van der Waals surface area contributed by atoms with Crippen molar-refractivity contribution >= 4 is 23.3 Å². The van der Waals surface area contributed by atoms with Gasteiger partial charge in [0.15, 0.2) is 0 Å². The van der Waals surface area contributed by atoms with Gasteiger partial charge in [-0.1, -0.05) is 24.1 Å². The van der Waals surface area contributed by atoms with Crippen LogP contribution in [0.5, 0.6) is 0 Å². The third-order valence-electron chi connectivity index (χ3n) is 3.71. The fraction of sp³-hybridized carbons (Fsp3) is 0.533. The number of likely N-dealkylation sites (tertiary alicyclic amines) is 1. The first-order valence-corrected chi connectivity index (χ1v) is 7.57. The molecule has 1 atom stereocenters. The first kappa shape index (κ1) is 15.1. The molecular weight excluding hydrogens is 274 g/mol. The molecule has 1 aliphatic rings. The number of benzene rings is 1. The molecule has 1 heterocycles. The fourth-order valence-corrected chi connectivity index (χ4v) is 2.73. The SMILES string of the molecule is C[C@@H]1CCCCN1CCNC(=O)Nc1cccc(Cl)c1. The van der Waals surface area contributed by atoms with Crippen molar-refractivity contribution < 1.29 is 4.79 Å². The molecule has 0 radical (unpaired) electrons. The van der Waals surface area contributed by atoms with Crippen LogP contribution in [0.15, 0.2) is 24.3 Å². The van der Waals surface area contributed by atoms with Gasteiger partial charge in [-0.2, -0.15) is 0 Å². The van der Waals surface area contributed by atoms with Crippen LogP contribution < -0.4 is 10.6 Å². The maximum Gasteiger partial charge on any atom is 0.319 e. The molecule has 4 nitrogen and oxygen atoms in total. The quantitative estimate of drug-likeness (QED) is 0.895. The Bertz CT molecular complexity index is 452. The summed E-state index contributed by atoms with van der Waals surface area (Å²) in [6, 6.07) is 7.58. The van der Waals surface area contributed by atoms with Gasteiger partial charge in [-0.15, -0.1) is 0 Å². The van der Waals surface area contributed by atoms with E-state index in [2.05, 4.69) is 22.5 Å². The third kappa shape index (κ3) is 4.69. The number of halogens is 1. The van der Waals surface area contributed by atoms with Crippen molar-refractivity contribution in [1.82, 2.24) is 10.2 Å². The van der Waals surface area contributed by atoms with E-state index < -0.39 is 0 Å². The summed E-state index contributed by atoms with van der Waals surface area (Å²) in [6.45, 7) is 4.96. The normalized spacial score (nSPS) is 19.6. The second kappa shape index (κ2) is 7.50. The van der Waals surface area contributed by atoms with Crippen molar-refractivity contribution in [3.05, 3.63) is 29.3 Å². The molecule has 2 N–H and O–H groups in total. The van der Waals surface area contributed by atoms with E-state index in [0.29, 0.717) is 23.3 Å². The molecule has 0 saturated carbocycles. The molecule has 0 spiro atoms. The van der Waals surface area contributed by atoms with Gasteiger partial charge in [-0.25, -0.2) is 4.79 Å². The lowest BCUT2D eigenvalue weighted by Crippen LogP contribution is -2.43. The molecule has 2 rings (SSSR count). The molecule has 5 heteroatoms. The lowest BCUT2D eigenvalue weighted by Gasteiger charge is -2.33. The monoisotopic (exact) mass is 295 g/mol. The maximum atomic E-state index is 11.8. The van der Waals surface area contributed by atoms with Crippen LogP contribution in [0.4, 0.5) is 10.5 Å². The number of nitrogens with one attached hydrogen (secondary N) is 2. The van der Waals surface area contributed by atoms with Crippen LogP contribution in [0, 0.1) is 0 Å². The molecule has 1 aliphatic heterocycles. The van der Waals surface area contributed by atoms with Gasteiger partial charge < -0.3 is 10.6 Å². The number of anilines is 1. The van der Waals surface area contributed by atoms with E-state index in [9.17, 15) is 4.79 Å². The van der Waals surface area contributed by atoms with Crippen LogP contribution in [0.1, 0.15) is 26.2 Å². The van der Waals surface area contributed by atoms with Crippen LogP contribution in [0.3, 0.4) is 0 Å². The lowest BCUT2D eigenvalue weighted by atomic mass is 10.0. The van der Waals surface area contributed by atoms with Crippen LogP contribution in [0.25, 0.3) is 0 Å². The number of piperidine rings is 1. The summed E-state index contributed by atoms with van der Waals surface area (Å²) in [5.74, 6) is 0. The third-order valence-corrected chi connectivity index (χ3v) is 3.94. The molecule has 1 saturated heterocycles. The molecule has 1 aromatic rings. The number of urea groups is 1. The van der Waals surface area contributed by atoms with Crippen molar-refractivity contribution in [1.29, 1.82) is 0 Å². The second-order valence-electron chi connectivity index (χ2n) is 5.27. The van der Waals surface area contributed by atoms with E-state index in [1.54, 1.807) is 12.1 Å². The Kier molecular flexibility index (Phi) is 5.68. The molecule has 0 bridgehead atoms. The Morgan fingerprint density at radius 2 is 2.30 bits per heavy atom. The lowest BCUT2D eigenvalue weighted by molar-refractivity contribution is 0.162. The molecule has 2 amide bonds. The summed E-state index contributed by atoms with van der Waals surface area (Å²) in [5, 5.41) is 6.28.